The molecule has 0 bridgehead atoms. The summed E-state index contributed by atoms with van der Waals surface area (Å²) in [4.78, 5) is 11.0. The lowest BCUT2D eigenvalue weighted by Gasteiger charge is -2.30. The van der Waals surface area contributed by atoms with Gasteiger partial charge in [-0.3, -0.25) is 0 Å². The Morgan fingerprint density at radius 3 is 2.56 bits per heavy atom. The van der Waals surface area contributed by atoms with Crippen molar-refractivity contribution >= 4 is 45.6 Å². The Balaban J connectivity index is 1.60. The van der Waals surface area contributed by atoms with Gasteiger partial charge < -0.3 is 16.0 Å². The first kappa shape index (κ1) is 16.1. The van der Waals surface area contributed by atoms with Gasteiger partial charge in [-0.15, -0.1) is 0 Å². The van der Waals surface area contributed by atoms with Gasteiger partial charge in [0.1, 0.15) is 12.0 Å². The van der Waals surface area contributed by atoms with Crippen LogP contribution in [-0.4, -0.2) is 16.5 Å². The number of hydrogen-bond donors (Lipinski definition) is 2. The first-order valence-corrected chi connectivity index (χ1v) is 9.23. The van der Waals surface area contributed by atoms with Crippen molar-refractivity contribution < 1.29 is 0 Å². The first-order valence-electron chi connectivity index (χ1n) is 8.15. The van der Waals surface area contributed by atoms with Gasteiger partial charge in [0.15, 0.2) is 11.6 Å². The molecule has 2 heterocycles. The third-order valence-corrected chi connectivity index (χ3v) is 5.12. The van der Waals surface area contributed by atoms with Gasteiger partial charge in [-0.25, -0.2) is 9.97 Å². The third kappa shape index (κ3) is 3.39. The number of aromatic nitrogens is 2. The van der Waals surface area contributed by atoms with Crippen LogP contribution in [0.25, 0.3) is 0 Å². The zero-order valence-electron chi connectivity index (χ0n) is 13.6. The molecule has 1 aromatic heterocycles. The predicted octanol–water partition coefficient (Wildman–Crippen LogP) is 3.97. The van der Waals surface area contributed by atoms with Gasteiger partial charge in [0.05, 0.1) is 0 Å². The van der Waals surface area contributed by atoms with Crippen LogP contribution in [0.4, 0.5) is 23.0 Å². The average Bonchev–Trinajstić information content (AvgIpc) is 2.65. The average molecular weight is 443 g/mol. The molecule has 3 aromatic rings. The van der Waals surface area contributed by atoms with Crippen LogP contribution in [0.15, 0.2) is 54.9 Å². The van der Waals surface area contributed by atoms with Crippen LogP contribution in [0, 0.1) is 3.57 Å². The number of halogens is 1. The van der Waals surface area contributed by atoms with Gasteiger partial charge >= 0.3 is 0 Å². The van der Waals surface area contributed by atoms with E-state index in [-0.39, 0.29) is 0 Å². The molecule has 5 nitrogen and oxygen atoms in total. The number of hydrogen-bond acceptors (Lipinski definition) is 5. The zero-order chi connectivity index (χ0) is 17.2. The Hall–Kier alpha value is -2.35. The molecule has 3 N–H and O–H groups in total. The lowest BCUT2D eigenvalue weighted by atomic mass is 10.00. The standard InChI is InChI=1S/C19H18IN5/c20-15-5-7-16(8-6-15)24-18-17(21)19(23-12-22-18)25-10-9-13-3-1-2-4-14(13)11-25/h1-8,12H,9-11,21H2,(H,22,23,24). The number of nitrogen functional groups attached to an aromatic ring is 1. The van der Waals surface area contributed by atoms with Crippen molar-refractivity contribution in [3.8, 4) is 0 Å². The quantitative estimate of drug-likeness (QED) is 0.600. The van der Waals surface area contributed by atoms with E-state index >= 15 is 0 Å². The molecule has 4 rings (SSSR count). The molecule has 1 aliphatic rings. The number of anilines is 4. The van der Waals surface area contributed by atoms with E-state index in [9.17, 15) is 0 Å². The van der Waals surface area contributed by atoms with Crippen molar-refractivity contribution in [2.24, 2.45) is 0 Å². The monoisotopic (exact) mass is 443 g/mol. The summed E-state index contributed by atoms with van der Waals surface area (Å²) >= 11 is 2.28. The van der Waals surface area contributed by atoms with Crippen molar-refractivity contribution in [3.05, 3.63) is 69.6 Å². The summed E-state index contributed by atoms with van der Waals surface area (Å²) in [7, 11) is 0. The molecule has 0 fully saturated rings. The number of nitrogens with two attached hydrogens (primary N) is 1. The summed E-state index contributed by atoms with van der Waals surface area (Å²) in [5.74, 6) is 1.43. The van der Waals surface area contributed by atoms with E-state index in [2.05, 4.69) is 67.0 Å². The van der Waals surface area contributed by atoms with Crippen molar-refractivity contribution in [2.75, 3.05) is 22.5 Å². The summed E-state index contributed by atoms with van der Waals surface area (Å²) in [5.41, 5.74) is 10.7. The third-order valence-electron chi connectivity index (χ3n) is 4.40. The largest absolute Gasteiger partial charge is 0.393 e. The smallest absolute Gasteiger partial charge is 0.159 e. The number of rotatable bonds is 3. The van der Waals surface area contributed by atoms with E-state index < -0.39 is 0 Å². The van der Waals surface area contributed by atoms with E-state index in [0.717, 1.165) is 31.0 Å². The number of nitrogens with zero attached hydrogens (tertiary/aromatic N) is 3. The van der Waals surface area contributed by atoms with E-state index in [1.807, 2.05) is 24.3 Å². The fraction of sp³-hybridized carbons (Fsp3) is 0.158. The van der Waals surface area contributed by atoms with Crippen LogP contribution in [-0.2, 0) is 13.0 Å². The lowest BCUT2D eigenvalue weighted by molar-refractivity contribution is 0.721. The highest BCUT2D eigenvalue weighted by Gasteiger charge is 2.20. The maximum Gasteiger partial charge on any atom is 0.159 e. The van der Waals surface area contributed by atoms with Gasteiger partial charge in [0.25, 0.3) is 0 Å². The Bertz CT molecular complexity index is 895. The van der Waals surface area contributed by atoms with E-state index in [0.29, 0.717) is 11.5 Å². The van der Waals surface area contributed by atoms with Crippen LogP contribution in [0.5, 0.6) is 0 Å². The highest BCUT2D eigenvalue weighted by atomic mass is 127. The lowest BCUT2D eigenvalue weighted by Crippen LogP contribution is -2.31. The Kier molecular flexibility index (Phi) is 4.44. The second-order valence-corrected chi connectivity index (χ2v) is 7.28. The predicted molar refractivity (Wildman–Crippen MR) is 110 cm³/mol. The molecule has 0 aliphatic carbocycles. The van der Waals surface area contributed by atoms with Crippen LogP contribution >= 0.6 is 22.6 Å². The highest BCUT2D eigenvalue weighted by molar-refractivity contribution is 14.1. The van der Waals surface area contributed by atoms with Crippen LogP contribution < -0.4 is 16.0 Å². The maximum absolute atomic E-state index is 6.38. The van der Waals surface area contributed by atoms with Crippen LogP contribution in [0.1, 0.15) is 11.1 Å². The van der Waals surface area contributed by atoms with Crippen molar-refractivity contribution in [1.82, 2.24) is 9.97 Å². The van der Waals surface area contributed by atoms with E-state index in [1.165, 1.54) is 14.7 Å². The Labute approximate surface area is 160 Å². The zero-order valence-corrected chi connectivity index (χ0v) is 15.8. The van der Waals surface area contributed by atoms with Crippen LogP contribution in [0.3, 0.4) is 0 Å². The molecule has 1 aliphatic heterocycles. The van der Waals surface area contributed by atoms with E-state index in [4.69, 9.17) is 5.73 Å². The van der Waals surface area contributed by atoms with Crippen molar-refractivity contribution in [2.45, 2.75) is 13.0 Å². The molecular weight excluding hydrogens is 425 g/mol. The normalized spacial score (nSPS) is 13.4. The maximum atomic E-state index is 6.38. The van der Waals surface area contributed by atoms with Crippen molar-refractivity contribution in [3.63, 3.8) is 0 Å². The summed E-state index contributed by atoms with van der Waals surface area (Å²) in [6, 6.07) is 16.7. The van der Waals surface area contributed by atoms with Gasteiger partial charge in [-0.1, -0.05) is 24.3 Å². The first-order chi connectivity index (χ1) is 12.2. The van der Waals surface area contributed by atoms with Gasteiger partial charge in [-0.2, -0.15) is 0 Å². The molecule has 0 radical (unpaired) electrons. The fourth-order valence-corrected chi connectivity index (χ4v) is 3.44. The molecule has 126 valence electrons. The van der Waals surface area contributed by atoms with E-state index in [1.54, 1.807) is 6.33 Å². The molecule has 0 unspecified atom stereocenters. The van der Waals surface area contributed by atoms with Gasteiger partial charge in [0.2, 0.25) is 0 Å². The second-order valence-electron chi connectivity index (χ2n) is 6.03. The summed E-state index contributed by atoms with van der Waals surface area (Å²) in [5, 5.41) is 3.29. The minimum atomic E-state index is 0.584. The summed E-state index contributed by atoms with van der Waals surface area (Å²) < 4.78 is 1.19. The summed E-state index contributed by atoms with van der Waals surface area (Å²) in [6.07, 6.45) is 2.57. The topological polar surface area (TPSA) is 67.1 Å². The molecule has 0 saturated heterocycles. The molecule has 0 spiro atoms. The minimum Gasteiger partial charge on any atom is -0.393 e. The minimum absolute atomic E-state index is 0.584. The molecular formula is C19H18IN5. The SMILES string of the molecule is Nc1c(Nc2ccc(I)cc2)ncnc1N1CCc2ccccc2C1. The molecule has 6 heteroatoms. The molecule has 2 aromatic carbocycles. The molecule has 25 heavy (non-hydrogen) atoms. The Morgan fingerprint density at radius 2 is 1.76 bits per heavy atom. The van der Waals surface area contributed by atoms with Crippen molar-refractivity contribution in [1.29, 1.82) is 0 Å². The van der Waals surface area contributed by atoms with Gasteiger partial charge in [0, 0.05) is 22.3 Å². The molecule has 0 saturated carbocycles. The second kappa shape index (κ2) is 6.87. The molecule has 0 amide bonds. The fourth-order valence-electron chi connectivity index (χ4n) is 3.08. The highest BCUT2D eigenvalue weighted by Crippen LogP contribution is 2.31. The van der Waals surface area contributed by atoms with Gasteiger partial charge in [-0.05, 0) is 64.4 Å². The number of nitrogens with one attached hydrogen (secondary N) is 1. The number of fused-ring (bicyclic) bond motifs is 1. The summed E-state index contributed by atoms with van der Waals surface area (Å²) in [6.45, 7) is 1.72. The van der Waals surface area contributed by atoms with Crippen LogP contribution in [0.2, 0.25) is 0 Å². The molecule has 0 atom stereocenters. The number of benzene rings is 2. The Morgan fingerprint density at radius 1 is 1.00 bits per heavy atom.